The number of nitrogens with one attached hydrogen (secondary N) is 1. The van der Waals surface area contributed by atoms with E-state index in [0.717, 1.165) is 0 Å². The van der Waals surface area contributed by atoms with Crippen molar-refractivity contribution in [2.75, 3.05) is 38.6 Å². The Morgan fingerprint density at radius 3 is 2.55 bits per heavy atom. The average Bonchev–Trinajstić information content (AvgIpc) is 2.93. The van der Waals surface area contributed by atoms with E-state index in [4.69, 9.17) is 37.2 Å². The lowest BCUT2D eigenvalue weighted by Gasteiger charge is -2.28. The van der Waals surface area contributed by atoms with Gasteiger partial charge in [-0.1, -0.05) is 0 Å². The molecule has 5 atom stereocenters. The predicted molar refractivity (Wildman–Crippen MR) is 75.2 cm³/mol. The second-order valence-corrected chi connectivity index (χ2v) is 7.37. The van der Waals surface area contributed by atoms with Gasteiger partial charge < -0.3 is 14.6 Å². The highest BCUT2D eigenvalue weighted by atomic mass is 35.5. The average molecular weight is 349 g/mol. The highest BCUT2D eigenvalue weighted by Crippen LogP contribution is 2.56. The molecule has 0 bridgehead atoms. The number of methoxy groups -OCH3 is 1. The lowest BCUT2D eigenvalue weighted by molar-refractivity contribution is -0.149. The van der Waals surface area contributed by atoms with Crippen molar-refractivity contribution in [3.05, 3.63) is 0 Å². The zero-order chi connectivity index (χ0) is 14.8. The summed E-state index contributed by atoms with van der Waals surface area (Å²) in [5.41, 5.74) is 0. The molecule has 0 amide bonds. The van der Waals surface area contributed by atoms with Crippen LogP contribution in [-0.4, -0.2) is 72.9 Å². The lowest BCUT2D eigenvalue weighted by atomic mass is 10.1. The Balaban J connectivity index is 2.14. The zero-order valence-electron chi connectivity index (χ0n) is 11.1. The van der Waals surface area contributed by atoms with E-state index in [-0.39, 0.29) is 12.6 Å². The van der Waals surface area contributed by atoms with Crippen molar-refractivity contribution in [2.45, 2.75) is 24.5 Å². The van der Waals surface area contributed by atoms with Crippen molar-refractivity contribution in [1.29, 1.82) is 0 Å². The molecule has 0 aromatic heterocycles. The molecular weight excluding hydrogens is 330 g/mol. The van der Waals surface area contributed by atoms with Crippen LogP contribution in [0.5, 0.6) is 0 Å². The molecule has 0 unspecified atom stereocenters. The third-order valence-electron chi connectivity index (χ3n) is 3.38. The van der Waals surface area contributed by atoms with Crippen LogP contribution in [0.25, 0.3) is 0 Å². The van der Waals surface area contributed by atoms with Crippen LogP contribution in [0.3, 0.4) is 0 Å². The molecule has 20 heavy (non-hydrogen) atoms. The molecule has 2 aliphatic rings. The molecule has 118 valence electrons. The van der Waals surface area contributed by atoms with Gasteiger partial charge in [0.25, 0.3) is 0 Å². The van der Waals surface area contributed by atoms with Gasteiger partial charge >= 0.3 is 7.67 Å². The van der Waals surface area contributed by atoms with Gasteiger partial charge in [-0.05, 0) is 0 Å². The van der Waals surface area contributed by atoms with Crippen LogP contribution in [-0.2, 0) is 18.6 Å². The number of nitrogens with zero attached hydrogens (tertiary/aromatic N) is 1. The van der Waals surface area contributed by atoms with E-state index in [0.29, 0.717) is 24.8 Å². The van der Waals surface area contributed by atoms with E-state index in [2.05, 4.69) is 5.09 Å². The molecule has 2 fully saturated rings. The summed E-state index contributed by atoms with van der Waals surface area (Å²) in [5, 5.41) is 12.3. The SMILES string of the molecule is CO[C@@H]1O[C@H](CO)[C@@H]2N[P@](=O)(N(CCCl)CCCl)O[C@@H]12. The van der Waals surface area contributed by atoms with Gasteiger partial charge in [-0.3, -0.25) is 9.09 Å². The van der Waals surface area contributed by atoms with Gasteiger partial charge in [0, 0.05) is 32.0 Å². The quantitative estimate of drug-likeness (QED) is 0.515. The highest BCUT2D eigenvalue weighted by Gasteiger charge is 2.57. The van der Waals surface area contributed by atoms with Crippen LogP contribution >= 0.6 is 30.9 Å². The monoisotopic (exact) mass is 348 g/mol. The van der Waals surface area contributed by atoms with Gasteiger partial charge in [-0.25, -0.2) is 9.76 Å². The first-order valence-corrected chi connectivity index (χ1v) is 8.97. The number of aliphatic hydroxyl groups excluding tert-OH is 1. The van der Waals surface area contributed by atoms with Crippen molar-refractivity contribution in [2.24, 2.45) is 0 Å². The molecule has 2 N–H and O–H groups in total. The fourth-order valence-corrected chi connectivity index (χ4v) is 5.41. The van der Waals surface area contributed by atoms with E-state index < -0.39 is 26.2 Å². The first kappa shape index (κ1) is 16.9. The number of fused-ring (bicyclic) bond motifs is 1. The van der Waals surface area contributed by atoms with Gasteiger partial charge in [0.1, 0.15) is 12.2 Å². The second kappa shape index (κ2) is 7.22. The molecule has 2 heterocycles. The highest BCUT2D eigenvalue weighted by molar-refractivity contribution is 7.54. The first-order chi connectivity index (χ1) is 9.59. The third kappa shape index (κ3) is 3.16. The zero-order valence-corrected chi connectivity index (χ0v) is 13.5. The molecule has 0 saturated carbocycles. The number of hydrogen-bond donors (Lipinski definition) is 2. The van der Waals surface area contributed by atoms with Crippen molar-refractivity contribution in [1.82, 2.24) is 9.76 Å². The number of ether oxygens (including phenoxy) is 2. The van der Waals surface area contributed by atoms with E-state index in [1.165, 1.54) is 7.11 Å². The van der Waals surface area contributed by atoms with Gasteiger partial charge in [-0.15, -0.1) is 23.2 Å². The van der Waals surface area contributed by atoms with E-state index in [1.807, 2.05) is 0 Å². The predicted octanol–water partition coefficient (Wildman–Crippen LogP) is 0.595. The maximum atomic E-state index is 12.9. The number of alkyl halides is 2. The first-order valence-electron chi connectivity index (χ1n) is 6.32. The smallest absolute Gasteiger partial charge is 0.344 e. The van der Waals surface area contributed by atoms with Crippen LogP contribution in [0.1, 0.15) is 0 Å². The molecule has 2 saturated heterocycles. The molecule has 7 nitrogen and oxygen atoms in total. The van der Waals surface area contributed by atoms with Gasteiger partial charge in [0.15, 0.2) is 6.29 Å². The topological polar surface area (TPSA) is 80.3 Å². The fourth-order valence-electron chi connectivity index (χ4n) is 2.44. The summed E-state index contributed by atoms with van der Waals surface area (Å²) in [5.74, 6) is 0.629. The third-order valence-corrected chi connectivity index (χ3v) is 6.01. The minimum absolute atomic E-state index is 0.206. The van der Waals surface area contributed by atoms with E-state index in [9.17, 15) is 9.67 Å². The van der Waals surface area contributed by atoms with Crippen LogP contribution in [0.15, 0.2) is 0 Å². The largest absolute Gasteiger partial charge is 0.394 e. The van der Waals surface area contributed by atoms with E-state index >= 15 is 0 Å². The Labute approximate surface area is 128 Å². The number of halogens is 2. The summed E-state index contributed by atoms with van der Waals surface area (Å²) in [4.78, 5) is 0. The van der Waals surface area contributed by atoms with Crippen molar-refractivity contribution >= 4 is 30.9 Å². The summed E-state index contributed by atoms with van der Waals surface area (Å²) in [6.45, 7) is 0.572. The lowest BCUT2D eigenvalue weighted by Crippen LogP contribution is -2.39. The summed E-state index contributed by atoms with van der Waals surface area (Å²) in [6, 6.07) is -0.385. The summed E-state index contributed by atoms with van der Waals surface area (Å²) in [7, 11) is -1.77. The Morgan fingerprint density at radius 2 is 2.05 bits per heavy atom. The molecule has 0 aromatic carbocycles. The molecule has 0 spiro atoms. The van der Waals surface area contributed by atoms with Gasteiger partial charge in [0.2, 0.25) is 0 Å². The summed E-state index contributed by atoms with van der Waals surface area (Å²) < 4.78 is 30.8. The molecule has 10 heteroatoms. The van der Waals surface area contributed by atoms with Crippen molar-refractivity contribution in [3.8, 4) is 0 Å². The van der Waals surface area contributed by atoms with Crippen LogP contribution in [0.2, 0.25) is 0 Å². The summed E-state index contributed by atoms with van der Waals surface area (Å²) in [6.07, 6.45) is -1.71. The Kier molecular flexibility index (Phi) is 6.11. The normalized spacial score (nSPS) is 40.5. The Bertz CT molecular complexity index is 350. The molecule has 0 radical (unpaired) electrons. The second-order valence-electron chi connectivity index (χ2n) is 4.54. The maximum absolute atomic E-state index is 12.9. The van der Waals surface area contributed by atoms with Crippen molar-refractivity contribution in [3.63, 3.8) is 0 Å². The number of rotatable bonds is 7. The minimum Gasteiger partial charge on any atom is -0.394 e. The molecule has 2 aliphatic heterocycles. The molecule has 0 aromatic rings. The van der Waals surface area contributed by atoms with Crippen LogP contribution in [0.4, 0.5) is 0 Å². The Hall–Kier alpha value is 0.570. The molecular formula is C10H19Cl2N2O5P. The van der Waals surface area contributed by atoms with Crippen molar-refractivity contribution < 1.29 is 23.7 Å². The number of aliphatic hydroxyl groups is 1. The minimum atomic E-state index is -3.25. The van der Waals surface area contributed by atoms with Gasteiger partial charge in [0.05, 0.1) is 12.6 Å². The fraction of sp³-hybridized carbons (Fsp3) is 1.00. The van der Waals surface area contributed by atoms with E-state index in [1.54, 1.807) is 4.67 Å². The van der Waals surface area contributed by atoms with Crippen LogP contribution in [0, 0.1) is 0 Å². The van der Waals surface area contributed by atoms with Gasteiger partial charge in [-0.2, -0.15) is 0 Å². The van der Waals surface area contributed by atoms with Crippen LogP contribution < -0.4 is 5.09 Å². The molecule has 0 aliphatic carbocycles. The Morgan fingerprint density at radius 1 is 1.40 bits per heavy atom. The maximum Gasteiger partial charge on any atom is 0.344 e. The summed E-state index contributed by atoms with van der Waals surface area (Å²) >= 11 is 11.5. The number of hydrogen-bond acceptors (Lipinski definition) is 5. The molecule has 2 rings (SSSR count). The standard InChI is InChI=1S/C10H19Cl2N2O5P/c1-17-10-9-8(7(6-15)18-10)13-20(16,19-9)14(4-2-11)5-3-12/h7-10,15H,2-6H2,1H3,(H,13,16)/t7-,8+,9-,10-,20-/m1/s1.